The lowest BCUT2D eigenvalue weighted by molar-refractivity contribution is -0.0236. The van der Waals surface area contributed by atoms with Crippen LogP contribution in [0.15, 0.2) is 4.99 Å². The molecule has 3 aliphatic rings. The number of aliphatic imine (C=N–C) groups is 1. The molecule has 0 bridgehead atoms. The quantitative estimate of drug-likeness (QED) is 0.315. The van der Waals surface area contributed by atoms with Crippen LogP contribution in [0.1, 0.15) is 45.4 Å². The Kier molecular flexibility index (Phi) is 8.71. The molecule has 1 atom stereocenters. The molecule has 3 fully saturated rings. The summed E-state index contributed by atoms with van der Waals surface area (Å²) >= 11 is 0. The fraction of sp³-hybridized carbons (Fsp3) is 0.944. The van der Waals surface area contributed by atoms with E-state index in [9.17, 15) is 5.11 Å². The number of likely N-dealkylation sites (tertiary alicyclic amines) is 1. The van der Waals surface area contributed by atoms with E-state index in [1.54, 1.807) is 0 Å². The predicted octanol–water partition coefficient (Wildman–Crippen LogP) is 1.58. The van der Waals surface area contributed by atoms with Crippen LogP contribution in [0.5, 0.6) is 0 Å². The van der Waals surface area contributed by atoms with Gasteiger partial charge in [0.25, 0.3) is 0 Å². The van der Waals surface area contributed by atoms with E-state index in [2.05, 4.69) is 27.4 Å². The van der Waals surface area contributed by atoms with Crippen molar-refractivity contribution in [1.29, 1.82) is 0 Å². The SMILES string of the molecule is CCNC(=NCC1(O)CCC1)NC1CCN(CC2CCOC2)CC1.I. The van der Waals surface area contributed by atoms with E-state index in [1.165, 1.54) is 13.0 Å². The Hall–Kier alpha value is -0.120. The van der Waals surface area contributed by atoms with Crippen molar-refractivity contribution in [1.82, 2.24) is 15.5 Å². The Morgan fingerprint density at radius 3 is 2.60 bits per heavy atom. The Balaban J connectivity index is 0.00000225. The van der Waals surface area contributed by atoms with Crippen LogP contribution in [0.25, 0.3) is 0 Å². The van der Waals surface area contributed by atoms with Gasteiger partial charge >= 0.3 is 0 Å². The molecule has 0 aromatic rings. The van der Waals surface area contributed by atoms with E-state index in [4.69, 9.17) is 4.74 Å². The maximum absolute atomic E-state index is 10.2. The summed E-state index contributed by atoms with van der Waals surface area (Å²) in [6.07, 6.45) is 6.43. The highest BCUT2D eigenvalue weighted by Gasteiger charge is 2.34. The van der Waals surface area contributed by atoms with Crippen LogP contribution >= 0.6 is 24.0 Å². The number of hydrogen-bond donors (Lipinski definition) is 3. The minimum atomic E-state index is -0.547. The second-order valence-electron chi connectivity index (χ2n) is 7.72. The highest BCUT2D eigenvalue weighted by atomic mass is 127. The molecule has 2 heterocycles. The fourth-order valence-electron chi connectivity index (χ4n) is 3.83. The van der Waals surface area contributed by atoms with Crippen LogP contribution in [0, 0.1) is 5.92 Å². The first kappa shape index (κ1) is 21.2. The monoisotopic (exact) mass is 466 g/mol. The van der Waals surface area contributed by atoms with E-state index in [-0.39, 0.29) is 24.0 Å². The lowest BCUT2D eigenvalue weighted by Crippen LogP contribution is -2.50. The van der Waals surface area contributed by atoms with Crippen LogP contribution in [0.4, 0.5) is 0 Å². The van der Waals surface area contributed by atoms with Gasteiger partial charge in [-0.1, -0.05) is 0 Å². The standard InChI is InChI=1S/C18H34N4O2.HI/c1-2-19-17(20-14-18(23)7-3-8-18)21-16-4-9-22(10-5-16)12-15-6-11-24-13-15;/h15-16,23H,2-14H2,1H3,(H2,19,20,21);1H. The van der Waals surface area contributed by atoms with Crippen LogP contribution in [-0.2, 0) is 4.74 Å². The molecule has 0 spiro atoms. The predicted molar refractivity (Wildman–Crippen MR) is 112 cm³/mol. The Morgan fingerprint density at radius 1 is 1.28 bits per heavy atom. The van der Waals surface area contributed by atoms with Gasteiger partial charge in [0.15, 0.2) is 5.96 Å². The first-order valence-electron chi connectivity index (χ1n) is 9.74. The van der Waals surface area contributed by atoms with Crippen LogP contribution < -0.4 is 10.6 Å². The number of ether oxygens (including phenoxy) is 1. The number of nitrogens with zero attached hydrogens (tertiary/aromatic N) is 2. The normalized spacial score (nSPS) is 27.4. The van der Waals surface area contributed by atoms with Gasteiger partial charge in [0, 0.05) is 38.8 Å². The molecule has 6 nitrogen and oxygen atoms in total. The molecule has 0 aromatic carbocycles. The lowest BCUT2D eigenvalue weighted by atomic mass is 9.80. The van der Waals surface area contributed by atoms with Gasteiger partial charge in [0.2, 0.25) is 0 Å². The van der Waals surface area contributed by atoms with Crippen LogP contribution in [0.3, 0.4) is 0 Å². The average molecular weight is 466 g/mol. The van der Waals surface area contributed by atoms with E-state index in [0.717, 1.165) is 76.8 Å². The zero-order chi connectivity index (χ0) is 16.8. The molecule has 1 unspecified atom stereocenters. The minimum Gasteiger partial charge on any atom is -0.388 e. The largest absolute Gasteiger partial charge is 0.388 e. The van der Waals surface area contributed by atoms with Crippen LogP contribution in [0.2, 0.25) is 0 Å². The van der Waals surface area contributed by atoms with Crippen molar-refractivity contribution in [3.8, 4) is 0 Å². The summed E-state index contributed by atoms with van der Waals surface area (Å²) in [5.41, 5.74) is -0.547. The molecule has 3 N–H and O–H groups in total. The Morgan fingerprint density at radius 2 is 2.04 bits per heavy atom. The highest BCUT2D eigenvalue weighted by molar-refractivity contribution is 14.0. The molecule has 2 aliphatic heterocycles. The number of rotatable bonds is 6. The summed E-state index contributed by atoms with van der Waals surface area (Å²) in [5.74, 6) is 1.59. The Labute approximate surface area is 169 Å². The topological polar surface area (TPSA) is 69.1 Å². The number of hydrogen-bond acceptors (Lipinski definition) is 4. The summed E-state index contributed by atoms with van der Waals surface area (Å²) < 4.78 is 5.48. The van der Waals surface area contributed by atoms with Gasteiger partial charge in [-0.2, -0.15) is 0 Å². The van der Waals surface area contributed by atoms with Crippen molar-refractivity contribution < 1.29 is 9.84 Å². The minimum absolute atomic E-state index is 0. The molecular formula is C18H35IN4O2. The zero-order valence-corrected chi connectivity index (χ0v) is 17.8. The van der Waals surface area contributed by atoms with Gasteiger partial charge in [-0.05, 0) is 51.4 Å². The first-order chi connectivity index (χ1) is 11.7. The van der Waals surface area contributed by atoms with Crippen molar-refractivity contribution in [2.45, 2.75) is 57.1 Å². The third kappa shape index (κ3) is 6.52. The third-order valence-corrected chi connectivity index (χ3v) is 5.63. The summed E-state index contributed by atoms with van der Waals surface area (Å²) in [6.45, 7) is 8.83. The fourth-order valence-corrected chi connectivity index (χ4v) is 3.83. The average Bonchev–Trinajstić information content (AvgIpc) is 3.06. The van der Waals surface area contributed by atoms with Crippen molar-refractivity contribution >= 4 is 29.9 Å². The third-order valence-electron chi connectivity index (χ3n) is 5.63. The summed E-state index contributed by atoms with van der Waals surface area (Å²) in [5, 5.41) is 17.1. The zero-order valence-electron chi connectivity index (χ0n) is 15.5. The van der Waals surface area contributed by atoms with Gasteiger partial charge in [0.05, 0.1) is 18.8 Å². The van der Waals surface area contributed by atoms with E-state index in [1.807, 2.05) is 0 Å². The second-order valence-corrected chi connectivity index (χ2v) is 7.72. The number of guanidine groups is 1. The molecule has 1 saturated carbocycles. The van der Waals surface area contributed by atoms with E-state index in [0.29, 0.717) is 12.6 Å². The van der Waals surface area contributed by atoms with Crippen molar-refractivity contribution in [2.75, 3.05) is 45.9 Å². The molecule has 146 valence electrons. The molecule has 0 amide bonds. The van der Waals surface area contributed by atoms with Crippen LogP contribution in [-0.4, -0.2) is 73.5 Å². The lowest BCUT2D eigenvalue weighted by Gasteiger charge is -2.36. The highest BCUT2D eigenvalue weighted by Crippen LogP contribution is 2.31. The van der Waals surface area contributed by atoms with Gasteiger partial charge in [-0.25, -0.2) is 0 Å². The van der Waals surface area contributed by atoms with Gasteiger partial charge in [-0.3, -0.25) is 4.99 Å². The van der Waals surface area contributed by atoms with Gasteiger partial charge in [-0.15, -0.1) is 24.0 Å². The van der Waals surface area contributed by atoms with Crippen molar-refractivity contribution in [3.63, 3.8) is 0 Å². The van der Waals surface area contributed by atoms with Gasteiger partial charge in [0.1, 0.15) is 0 Å². The van der Waals surface area contributed by atoms with Crippen molar-refractivity contribution in [3.05, 3.63) is 0 Å². The molecule has 2 saturated heterocycles. The molecule has 1 aliphatic carbocycles. The number of aliphatic hydroxyl groups is 1. The van der Waals surface area contributed by atoms with E-state index >= 15 is 0 Å². The van der Waals surface area contributed by atoms with Gasteiger partial charge < -0.3 is 25.4 Å². The van der Waals surface area contributed by atoms with Crippen molar-refractivity contribution in [2.24, 2.45) is 10.9 Å². The smallest absolute Gasteiger partial charge is 0.191 e. The maximum Gasteiger partial charge on any atom is 0.191 e. The molecule has 0 aromatic heterocycles. The number of nitrogens with one attached hydrogen (secondary N) is 2. The summed E-state index contributed by atoms with van der Waals surface area (Å²) in [4.78, 5) is 7.20. The Bertz CT molecular complexity index is 417. The first-order valence-corrected chi connectivity index (χ1v) is 9.74. The molecule has 25 heavy (non-hydrogen) atoms. The van der Waals surface area contributed by atoms with E-state index < -0.39 is 5.60 Å². The molecule has 7 heteroatoms. The maximum atomic E-state index is 10.2. The summed E-state index contributed by atoms with van der Waals surface area (Å²) in [7, 11) is 0. The second kappa shape index (κ2) is 10.3. The molecule has 3 rings (SSSR count). The summed E-state index contributed by atoms with van der Waals surface area (Å²) in [6, 6.07) is 0.481. The molecule has 0 radical (unpaired) electrons. The number of halogens is 1. The number of piperidine rings is 1. The molecular weight excluding hydrogens is 431 g/mol.